The molecule has 1 rings (SSSR count). The Morgan fingerprint density at radius 2 is 2.00 bits per heavy atom. The van der Waals surface area contributed by atoms with E-state index >= 15 is 0 Å². The molecule has 0 atom stereocenters. The van der Waals surface area contributed by atoms with Crippen molar-refractivity contribution in [3.8, 4) is 5.75 Å². The molecule has 1 aromatic rings. The van der Waals surface area contributed by atoms with Crippen molar-refractivity contribution in [1.29, 1.82) is 0 Å². The molecule has 0 heterocycles. The fraction of sp³-hybridized carbons (Fsp3) is 0.364. The highest BCUT2D eigenvalue weighted by atomic mass is 16.5. The predicted octanol–water partition coefficient (Wildman–Crippen LogP) is 2.51. The van der Waals surface area contributed by atoms with Crippen molar-refractivity contribution in [3.63, 3.8) is 0 Å². The molecular formula is C11H14O2. The maximum absolute atomic E-state index is 10.6. The van der Waals surface area contributed by atoms with E-state index in [-0.39, 0.29) is 0 Å². The van der Waals surface area contributed by atoms with Crippen LogP contribution < -0.4 is 4.74 Å². The summed E-state index contributed by atoms with van der Waals surface area (Å²) in [6, 6.07) is 3.63. The minimum atomic E-state index is 0.653. The molecule has 0 saturated carbocycles. The summed E-state index contributed by atoms with van der Waals surface area (Å²) in [5, 5.41) is 0. The first-order chi connectivity index (χ1) is 6.20. The average Bonchev–Trinajstić information content (AvgIpc) is 2.14. The van der Waals surface area contributed by atoms with Crippen LogP contribution in [0.2, 0.25) is 0 Å². The van der Waals surface area contributed by atoms with E-state index < -0.39 is 0 Å². The molecule has 0 aliphatic rings. The van der Waals surface area contributed by atoms with E-state index in [0.717, 1.165) is 28.7 Å². The topological polar surface area (TPSA) is 26.3 Å². The molecule has 2 heteroatoms. The molecule has 0 unspecified atom stereocenters. The van der Waals surface area contributed by atoms with Crippen LogP contribution in [-0.4, -0.2) is 12.9 Å². The predicted molar refractivity (Wildman–Crippen MR) is 52.5 cm³/mol. The summed E-state index contributed by atoms with van der Waals surface area (Å²) < 4.78 is 5.40. The molecule has 0 spiro atoms. The third kappa shape index (κ3) is 1.89. The van der Waals surface area contributed by atoms with Gasteiger partial charge in [-0.05, 0) is 44.0 Å². The fourth-order valence-electron chi connectivity index (χ4n) is 1.26. The van der Waals surface area contributed by atoms with Gasteiger partial charge in [0.05, 0.1) is 6.61 Å². The first kappa shape index (κ1) is 9.78. The highest BCUT2D eigenvalue weighted by molar-refractivity contribution is 5.78. The highest BCUT2D eigenvalue weighted by Gasteiger charge is 2.05. The Balaban J connectivity index is 3.14. The number of benzene rings is 1. The monoisotopic (exact) mass is 178 g/mol. The van der Waals surface area contributed by atoms with Crippen molar-refractivity contribution >= 4 is 6.29 Å². The SMILES string of the molecule is CCOc1ccc(C=O)c(C)c1C. The molecule has 0 aliphatic heterocycles. The molecule has 70 valence electrons. The molecular weight excluding hydrogens is 164 g/mol. The standard InChI is InChI=1S/C11H14O2/c1-4-13-11-6-5-10(7-12)8(2)9(11)3/h5-7H,4H2,1-3H3. The van der Waals surface area contributed by atoms with E-state index in [9.17, 15) is 4.79 Å². The van der Waals surface area contributed by atoms with Crippen LogP contribution in [0.15, 0.2) is 12.1 Å². The van der Waals surface area contributed by atoms with E-state index in [4.69, 9.17) is 4.74 Å². The van der Waals surface area contributed by atoms with Crippen LogP contribution in [0.5, 0.6) is 5.75 Å². The van der Waals surface area contributed by atoms with Gasteiger partial charge in [-0.3, -0.25) is 4.79 Å². The molecule has 0 amide bonds. The smallest absolute Gasteiger partial charge is 0.150 e. The molecule has 0 bridgehead atoms. The normalized spacial score (nSPS) is 9.77. The Hall–Kier alpha value is -1.31. The van der Waals surface area contributed by atoms with Crippen LogP contribution >= 0.6 is 0 Å². The van der Waals surface area contributed by atoms with Crippen molar-refractivity contribution in [1.82, 2.24) is 0 Å². The van der Waals surface area contributed by atoms with Gasteiger partial charge in [-0.1, -0.05) is 0 Å². The van der Waals surface area contributed by atoms with Gasteiger partial charge in [0.1, 0.15) is 12.0 Å². The van der Waals surface area contributed by atoms with Crippen molar-refractivity contribution in [2.24, 2.45) is 0 Å². The Kier molecular flexibility index (Phi) is 3.07. The van der Waals surface area contributed by atoms with E-state index in [1.807, 2.05) is 26.8 Å². The van der Waals surface area contributed by atoms with Crippen molar-refractivity contribution < 1.29 is 9.53 Å². The van der Waals surface area contributed by atoms with Crippen LogP contribution in [0.1, 0.15) is 28.4 Å². The quantitative estimate of drug-likeness (QED) is 0.665. The highest BCUT2D eigenvalue weighted by Crippen LogP contribution is 2.23. The number of rotatable bonds is 3. The second kappa shape index (κ2) is 4.08. The van der Waals surface area contributed by atoms with Gasteiger partial charge in [-0.2, -0.15) is 0 Å². The Morgan fingerprint density at radius 1 is 1.31 bits per heavy atom. The summed E-state index contributed by atoms with van der Waals surface area (Å²) in [6.07, 6.45) is 0.873. The second-order valence-electron chi connectivity index (χ2n) is 2.95. The zero-order chi connectivity index (χ0) is 9.84. The molecule has 0 fully saturated rings. The average molecular weight is 178 g/mol. The Bertz CT molecular complexity index is 316. The first-order valence-corrected chi connectivity index (χ1v) is 4.38. The molecule has 0 aliphatic carbocycles. The van der Waals surface area contributed by atoms with Gasteiger partial charge < -0.3 is 4.74 Å². The zero-order valence-electron chi connectivity index (χ0n) is 8.26. The van der Waals surface area contributed by atoms with Crippen molar-refractivity contribution in [3.05, 3.63) is 28.8 Å². The second-order valence-corrected chi connectivity index (χ2v) is 2.95. The number of carbonyl (C=O) groups excluding carboxylic acids is 1. The van der Waals surface area contributed by atoms with E-state index in [0.29, 0.717) is 6.61 Å². The lowest BCUT2D eigenvalue weighted by Crippen LogP contribution is -1.97. The van der Waals surface area contributed by atoms with E-state index in [1.54, 1.807) is 6.07 Å². The number of aldehydes is 1. The van der Waals surface area contributed by atoms with Crippen molar-refractivity contribution in [2.75, 3.05) is 6.61 Å². The molecule has 0 saturated heterocycles. The largest absolute Gasteiger partial charge is 0.494 e. The van der Waals surface area contributed by atoms with Gasteiger partial charge in [0, 0.05) is 5.56 Å². The van der Waals surface area contributed by atoms with E-state index in [1.165, 1.54) is 0 Å². The first-order valence-electron chi connectivity index (χ1n) is 4.38. The summed E-state index contributed by atoms with van der Waals surface area (Å²) in [4.78, 5) is 10.6. The number of carbonyl (C=O) groups is 1. The Labute approximate surface area is 78.5 Å². The van der Waals surface area contributed by atoms with Crippen LogP contribution in [0.3, 0.4) is 0 Å². The van der Waals surface area contributed by atoms with Gasteiger partial charge in [0.15, 0.2) is 0 Å². The van der Waals surface area contributed by atoms with Gasteiger partial charge in [-0.25, -0.2) is 0 Å². The lowest BCUT2D eigenvalue weighted by atomic mass is 10.0. The minimum Gasteiger partial charge on any atom is -0.494 e. The summed E-state index contributed by atoms with van der Waals surface area (Å²) in [6.45, 7) is 6.50. The fourth-order valence-corrected chi connectivity index (χ4v) is 1.26. The zero-order valence-corrected chi connectivity index (χ0v) is 8.26. The molecule has 1 aromatic carbocycles. The number of hydrogen-bond acceptors (Lipinski definition) is 2. The number of ether oxygens (including phenoxy) is 1. The van der Waals surface area contributed by atoms with Gasteiger partial charge >= 0.3 is 0 Å². The van der Waals surface area contributed by atoms with Gasteiger partial charge in [0.25, 0.3) is 0 Å². The maximum atomic E-state index is 10.6. The van der Waals surface area contributed by atoms with Crippen molar-refractivity contribution in [2.45, 2.75) is 20.8 Å². The molecule has 0 aromatic heterocycles. The van der Waals surface area contributed by atoms with E-state index in [2.05, 4.69) is 0 Å². The minimum absolute atomic E-state index is 0.653. The van der Waals surface area contributed by atoms with Crippen LogP contribution in [0.25, 0.3) is 0 Å². The summed E-state index contributed by atoms with van der Waals surface area (Å²) >= 11 is 0. The molecule has 0 radical (unpaired) electrons. The summed E-state index contributed by atoms with van der Waals surface area (Å²) in [7, 11) is 0. The lowest BCUT2D eigenvalue weighted by Gasteiger charge is -2.10. The molecule has 13 heavy (non-hydrogen) atoms. The summed E-state index contributed by atoms with van der Waals surface area (Å²) in [5.41, 5.74) is 2.79. The van der Waals surface area contributed by atoms with Crippen LogP contribution in [0, 0.1) is 13.8 Å². The van der Waals surface area contributed by atoms with Gasteiger partial charge in [-0.15, -0.1) is 0 Å². The van der Waals surface area contributed by atoms with Crippen LogP contribution in [0.4, 0.5) is 0 Å². The summed E-state index contributed by atoms with van der Waals surface area (Å²) in [5.74, 6) is 0.866. The third-order valence-electron chi connectivity index (χ3n) is 2.21. The third-order valence-corrected chi connectivity index (χ3v) is 2.21. The molecule has 2 nitrogen and oxygen atoms in total. The molecule has 0 N–H and O–H groups in total. The Morgan fingerprint density at radius 3 is 2.54 bits per heavy atom. The van der Waals surface area contributed by atoms with Gasteiger partial charge in [0.2, 0.25) is 0 Å². The lowest BCUT2D eigenvalue weighted by molar-refractivity contribution is 0.112. The van der Waals surface area contributed by atoms with Crippen LogP contribution in [-0.2, 0) is 0 Å². The number of hydrogen-bond donors (Lipinski definition) is 0. The maximum Gasteiger partial charge on any atom is 0.150 e.